The smallest absolute Gasteiger partial charge is 0.261 e. The van der Waals surface area contributed by atoms with E-state index in [1.807, 2.05) is 26.0 Å². The summed E-state index contributed by atoms with van der Waals surface area (Å²) in [6, 6.07) is 17.6. The van der Waals surface area contributed by atoms with Crippen LogP contribution >= 0.6 is 0 Å². The largest absolute Gasteiger partial charge is 0.497 e. The van der Waals surface area contributed by atoms with Crippen LogP contribution in [0.3, 0.4) is 0 Å². The van der Waals surface area contributed by atoms with E-state index in [2.05, 4.69) is 36.6 Å². The molecular weight excluding hydrogens is 534 g/mol. The van der Waals surface area contributed by atoms with Gasteiger partial charge in [0.1, 0.15) is 17.1 Å². The third-order valence-electron chi connectivity index (χ3n) is 6.45. The van der Waals surface area contributed by atoms with Crippen LogP contribution in [0.5, 0.6) is 5.75 Å². The van der Waals surface area contributed by atoms with Gasteiger partial charge in [-0.2, -0.15) is 4.98 Å². The van der Waals surface area contributed by atoms with Crippen molar-refractivity contribution < 1.29 is 19.1 Å². The standard InChI is InChI=1S/C31H33N7O4/c1-6-27(39)36-25-16-22(12-8-18(25)2)35-31-33-17-24(28(32-4)38-31)30(41)37-26-15-21(11-7-19(26)3)34-29(40)20-9-13-23(42-5)14-10-20/h7-17H,6H2,1-5H3,(H,34,40)(H,36,39)(H,37,41)(H2,32,33,35,38). The highest BCUT2D eigenvalue weighted by Crippen LogP contribution is 2.25. The SMILES string of the molecule is CCC(=O)Nc1cc(Nc2ncc(C(=O)Nc3cc(NC(=O)c4ccc(OC)cc4)ccc3C)c(NC)n2)ccc1C. The third kappa shape index (κ3) is 7.19. The number of benzene rings is 3. The van der Waals surface area contributed by atoms with Gasteiger partial charge < -0.3 is 31.3 Å². The highest BCUT2D eigenvalue weighted by Gasteiger charge is 2.17. The van der Waals surface area contributed by atoms with E-state index in [4.69, 9.17) is 4.74 Å². The Morgan fingerprint density at radius 3 is 2.10 bits per heavy atom. The number of nitrogens with one attached hydrogen (secondary N) is 5. The number of carbonyl (C=O) groups is 3. The Labute approximate surface area is 244 Å². The topological polar surface area (TPSA) is 146 Å². The first-order valence-electron chi connectivity index (χ1n) is 13.3. The molecule has 4 aromatic rings. The number of aromatic nitrogens is 2. The highest BCUT2D eigenvalue weighted by molar-refractivity contribution is 6.08. The summed E-state index contributed by atoms with van der Waals surface area (Å²) in [6.45, 7) is 5.55. The molecule has 0 saturated heterocycles. The molecule has 0 aliphatic rings. The molecule has 0 aliphatic heterocycles. The maximum Gasteiger partial charge on any atom is 0.261 e. The fourth-order valence-electron chi connectivity index (χ4n) is 3.97. The van der Waals surface area contributed by atoms with Crippen LogP contribution in [0.15, 0.2) is 66.9 Å². The predicted molar refractivity (Wildman–Crippen MR) is 165 cm³/mol. The minimum Gasteiger partial charge on any atom is -0.497 e. The van der Waals surface area contributed by atoms with Gasteiger partial charge in [0.25, 0.3) is 11.8 Å². The zero-order valence-electron chi connectivity index (χ0n) is 24.1. The summed E-state index contributed by atoms with van der Waals surface area (Å²) < 4.78 is 5.14. The lowest BCUT2D eigenvalue weighted by molar-refractivity contribution is -0.115. The number of aryl methyl sites for hydroxylation is 2. The predicted octanol–water partition coefficient (Wildman–Crippen LogP) is 5.74. The quantitative estimate of drug-likeness (QED) is 0.163. The van der Waals surface area contributed by atoms with Gasteiger partial charge in [-0.15, -0.1) is 0 Å². The molecule has 0 radical (unpaired) electrons. The third-order valence-corrected chi connectivity index (χ3v) is 6.45. The lowest BCUT2D eigenvalue weighted by Crippen LogP contribution is -2.17. The molecule has 0 unspecified atom stereocenters. The Morgan fingerprint density at radius 1 is 0.810 bits per heavy atom. The highest BCUT2D eigenvalue weighted by atomic mass is 16.5. The summed E-state index contributed by atoms with van der Waals surface area (Å²) >= 11 is 0. The van der Waals surface area contributed by atoms with E-state index < -0.39 is 5.91 Å². The van der Waals surface area contributed by atoms with Crippen LogP contribution in [0, 0.1) is 13.8 Å². The first kappa shape index (κ1) is 29.5. The van der Waals surface area contributed by atoms with Gasteiger partial charge in [0, 0.05) is 48.0 Å². The number of carbonyl (C=O) groups excluding carboxylic acids is 3. The van der Waals surface area contributed by atoms with E-state index in [9.17, 15) is 14.4 Å². The van der Waals surface area contributed by atoms with Gasteiger partial charge in [-0.05, 0) is 73.5 Å². The molecule has 1 aromatic heterocycles. The Balaban J connectivity index is 1.48. The van der Waals surface area contributed by atoms with Crippen LogP contribution in [-0.4, -0.2) is 41.8 Å². The molecule has 4 rings (SSSR count). The minimum atomic E-state index is -0.424. The van der Waals surface area contributed by atoms with Crippen LogP contribution in [-0.2, 0) is 4.79 Å². The maximum absolute atomic E-state index is 13.3. The number of nitrogens with zero attached hydrogens (tertiary/aromatic N) is 2. The van der Waals surface area contributed by atoms with Gasteiger partial charge >= 0.3 is 0 Å². The van der Waals surface area contributed by atoms with Crippen LogP contribution in [0.4, 0.5) is 34.5 Å². The minimum absolute atomic E-state index is 0.0836. The van der Waals surface area contributed by atoms with Gasteiger partial charge in [0.2, 0.25) is 11.9 Å². The first-order chi connectivity index (χ1) is 20.2. The van der Waals surface area contributed by atoms with Crippen LogP contribution in [0.25, 0.3) is 0 Å². The molecule has 0 spiro atoms. The van der Waals surface area contributed by atoms with Crippen LogP contribution in [0.1, 0.15) is 45.2 Å². The number of methoxy groups -OCH3 is 1. The second-order valence-electron chi connectivity index (χ2n) is 9.43. The summed E-state index contributed by atoms with van der Waals surface area (Å²) in [7, 11) is 3.22. The van der Waals surface area contributed by atoms with E-state index >= 15 is 0 Å². The van der Waals surface area contributed by atoms with Gasteiger partial charge in [0.15, 0.2) is 0 Å². The molecule has 0 saturated carbocycles. The number of amides is 3. The summed E-state index contributed by atoms with van der Waals surface area (Å²) in [5.41, 5.74) is 4.85. The lowest BCUT2D eigenvalue weighted by atomic mass is 10.1. The molecule has 5 N–H and O–H groups in total. The number of hydrogen-bond donors (Lipinski definition) is 5. The second-order valence-corrected chi connectivity index (χ2v) is 9.43. The molecule has 11 heteroatoms. The molecule has 0 fully saturated rings. The van der Waals surface area contributed by atoms with Crippen LogP contribution in [0.2, 0.25) is 0 Å². The molecule has 1 heterocycles. The average molecular weight is 568 g/mol. The molecule has 11 nitrogen and oxygen atoms in total. The Hall–Kier alpha value is -5.45. The van der Waals surface area contributed by atoms with Gasteiger partial charge in [0.05, 0.1) is 7.11 Å². The Bertz CT molecular complexity index is 1620. The number of hydrogen-bond acceptors (Lipinski definition) is 8. The van der Waals surface area contributed by atoms with Crippen molar-refractivity contribution in [1.82, 2.24) is 9.97 Å². The maximum atomic E-state index is 13.3. The Kier molecular flexibility index (Phi) is 9.33. The molecule has 216 valence electrons. The van der Waals surface area contributed by atoms with E-state index in [1.54, 1.807) is 69.6 Å². The first-order valence-corrected chi connectivity index (χ1v) is 13.3. The normalized spacial score (nSPS) is 10.4. The zero-order chi connectivity index (χ0) is 30.2. The molecule has 3 amide bonds. The summed E-state index contributed by atoms with van der Waals surface area (Å²) in [6.07, 6.45) is 1.80. The fourth-order valence-corrected chi connectivity index (χ4v) is 3.97. The zero-order valence-corrected chi connectivity index (χ0v) is 24.1. The monoisotopic (exact) mass is 567 g/mol. The number of rotatable bonds is 10. The second kappa shape index (κ2) is 13.3. The fraction of sp³-hybridized carbons (Fsp3) is 0.194. The number of ether oxygens (including phenoxy) is 1. The van der Waals surface area contributed by atoms with Crippen molar-refractivity contribution in [2.24, 2.45) is 0 Å². The molecule has 0 aliphatic carbocycles. The average Bonchev–Trinajstić information content (AvgIpc) is 3.00. The van der Waals surface area contributed by atoms with E-state index in [1.165, 1.54) is 6.20 Å². The van der Waals surface area contributed by atoms with E-state index in [-0.39, 0.29) is 23.3 Å². The van der Waals surface area contributed by atoms with Gasteiger partial charge in [-0.1, -0.05) is 19.1 Å². The summed E-state index contributed by atoms with van der Waals surface area (Å²) in [5.74, 6) is 0.445. The molecule has 0 bridgehead atoms. The number of anilines is 6. The van der Waals surface area contributed by atoms with Crippen molar-refractivity contribution in [3.05, 3.63) is 89.1 Å². The van der Waals surface area contributed by atoms with E-state index in [0.29, 0.717) is 46.3 Å². The molecule has 3 aromatic carbocycles. The van der Waals surface area contributed by atoms with Crippen molar-refractivity contribution in [3.63, 3.8) is 0 Å². The molecule has 0 atom stereocenters. The van der Waals surface area contributed by atoms with Gasteiger partial charge in [-0.25, -0.2) is 4.98 Å². The molecular formula is C31H33N7O4. The van der Waals surface area contributed by atoms with Crippen molar-refractivity contribution in [1.29, 1.82) is 0 Å². The van der Waals surface area contributed by atoms with Gasteiger partial charge in [-0.3, -0.25) is 14.4 Å². The van der Waals surface area contributed by atoms with Crippen molar-refractivity contribution in [3.8, 4) is 5.75 Å². The van der Waals surface area contributed by atoms with Crippen LogP contribution < -0.4 is 31.3 Å². The summed E-state index contributed by atoms with van der Waals surface area (Å²) in [4.78, 5) is 46.6. The lowest BCUT2D eigenvalue weighted by Gasteiger charge is -2.14. The molecule has 42 heavy (non-hydrogen) atoms. The van der Waals surface area contributed by atoms with E-state index in [0.717, 1.165) is 11.1 Å². The van der Waals surface area contributed by atoms with Crippen molar-refractivity contribution in [2.75, 3.05) is 40.7 Å². The van der Waals surface area contributed by atoms with Crippen molar-refractivity contribution >= 4 is 52.2 Å². The Morgan fingerprint density at radius 2 is 1.45 bits per heavy atom. The van der Waals surface area contributed by atoms with Crippen molar-refractivity contribution in [2.45, 2.75) is 27.2 Å². The summed E-state index contributed by atoms with van der Waals surface area (Å²) in [5, 5.41) is 14.7.